The first-order chi connectivity index (χ1) is 14.1. The van der Waals surface area contributed by atoms with Crippen LogP contribution in [0.3, 0.4) is 0 Å². The molecule has 156 valence electrons. The highest BCUT2D eigenvalue weighted by Crippen LogP contribution is 2.23. The number of carbonyl (C=O) groups is 1. The molecule has 0 unspecified atom stereocenters. The summed E-state index contributed by atoms with van der Waals surface area (Å²) < 4.78 is 10.6. The van der Waals surface area contributed by atoms with E-state index >= 15 is 0 Å². The molecule has 0 spiro atoms. The molecule has 1 aliphatic rings. The van der Waals surface area contributed by atoms with E-state index in [1.54, 1.807) is 14.2 Å². The summed E-state index contributed by atoms with van der Waals surface area (Å²) in [5.41, 5.74) is 3.68. The minimum absolute atomic E-state index is 0.226. The van der Waals surface area contributed by atoms with E-state index < -0.39 is 0 Å². The van der Waals surface area contributed by atoms with Crippen molar-refractivity contribution < 1.29 is 14.3 Å². The molecular weight excluding hydrogens is 364 g/mol. The van der Waals surface area contributed by atoms with Gasteiger partial charge in [-0.05, 0) is 43.0 Å². The Morgan fingerprint density at radius 3 is 2.24 bits per heavy atom. The third-order valence-electron chi connectivity index (χ3n) is 5.51. The summed E-state index contributed by atoms with van der Waals surface area (Å²) in [6.07, 6.45) is 2.22. The van der Waals surface area contributed by atoms with E-state index in [2.05, 4.69) is 36.1 Å². The second-order valence-corrected chi connectivity index (χ2v) is 7.72. The standard InChI is InChI=1S/C24H32N2O3/c1-19-5-7-20(8-6-19)18-25-11-4-12-26(14-13-25)24(27)10-9-21-15-22(28-2)17-23(16-21)29-3/h5-8,15-17H,4,9-14,18H2,1-3H3. The summed E-state index contributed by atoms with van der Waals surface area (Å²) in [7, 11) is 3.28. The average molecular weight is 397 g/mol. The SMILES string of the molecule is COc1cc(CCC(=O)N2CCCN(Cc3ccc(C)cc3)CC2)cc(OC)c1. The number of nitrogens with zero attached hydrogens (tertiary/aromatic N) is 2. The van der Waals surface area contributed by atoms with Gasteiger partial charge in [-0.2, -0.15) is 0 Å². The molecule has 1 aliphatic heterocycles. The van der Waals surface area contributed by atoms with Gasteiger partial charge in [0.15, 0.2) is 0 Å². The zero-order chi connectivity index (χ0) is 20.6. The fraction of sp³-hybridized carbons (Fsp3) is 0.458. The molecule has 0 aliphatic carbocycles. The van der Waals surface area contributed by atoms with Gasteiger partial charge in [-0.3, -0.25) is 9.69 Å². The van der Waals surface area contributed by atoms with Gasteiger partial charge < -0.3 is 14.4 Å². The first-order valence-electron chi connectivity index (χ1n) is 10.3. The van der Waals surface area contributed by atoms with E-state index in [0.717, 1.165) is 56.2 Å². The maximum atomic E-state index is 12.8. The quantitative estimate of drug-likeness (QED) is 0.716. The fourth-order valence-electron chi connectivity index (χ4n) is 3.75. The number of ether oxygens (including phenoxy) is 2. The Balaban J connectivity index is 1.51. The van der Waals surface area contributed by atoms with Gasteiger partial charge in [-0.15, -0.1) is 0 Å². The predicted molar refractivity (Wildman–Crippen MR) is 116 cm³/mol. The van der Waals surface area contributed by atoms with Gasteiger partial charge in [0.05, 0.1) is 14.2 Å². The van der Waals surface area contributed by atoms with Crippen LogP contribution in [0.4, 0.5) is 0 Å². The van der Waals surface area contributed by atoms with Crippen molar-refractivity contribution in [3.8, 4) is 11.5 Å². The maximum absolute atomic E-state index is 12.8. The second-order valence-electron chi connectivity index (χ2n) is 7.72. The molecule has 0 atom stereocenters. The predicted octanol–water partition coefficient (Wildman–Crippen LogP) is 3.68. The molecule has 5 nitrogen and oxygen atoms in total. The number of rotatable bonds is 7. The Bertz CT molecular complexity index is 782. The zero-order valence-electron chi connectivity index (χ0n) is 17.8. The number of hydrogen-bond donors (Lipinski definition) is 0. The minimum Gasteiger partial charge on any atom is -0.497 e. The summed E-state index contributed by atoms with van der Waals surface area (Å²) in [5.74, 6) is 1.74. The van der Waals surface area contributed by atoms with Crippen molar-refractivity contribution in [2.45, 2.75) is 32.7 Å². The molecule has 0 saturated carbocycles. The highest BCUT2D eigenvalue weighted by Gasteiger charge is 2.19. The van der Waals surface area contributed by atoms with Crippen LogP contribution in [-0.2, 0) is 17.8 Å². The van der Waals surface area contributed by atoms with E-state index in [9.17, 15) is 4.79 Å². The number of amides is 1. The molecule has 5 heteroatoms. The van der Waals surface area contributed by atoms with E-state index in [1.165, 1.54) is 11.1 Å². The van der Waals surface area contributed by atoms with Crippen molar-refractivity contribution >= 4 is 5.91 Å². The van der Waals surface area contributed by atoms with Crippen LogP contribution in [0.1, 0.15) is 29.5 Å². The van der Waals surface area contributed by atoms with Gasteiger partial charge in [0.2, 0.25) is 5.91 Å². The van der Waals surface area contributed by atoms with E-state index in [1.807, 2.05) is 23.1 Å². The summed E-state index contributed by atoms with van der Waals surface area (Å²) in [6.45, 7) is 6.65. The minimum atomic E-state index is 0.226. The van der Waals surface area contributed by atoms with Gasteiger partial charge in [0.1, 0.15) is 11.5 Å². The third kappa shape index (κ3) is 6.23. The topological polar surface area (TPSA) is 42.0 Å². The highest BCUT2D eigenvalue weighted by atomic mass is 16.5. The molecule has 1 saturated heterocycles. The Morgan fingerprint density at radius 2 is 1.59 bits per heavy atom. The first-order valence-corrected chi connectivity index (χ1v) is 10.3. The lowest BCUT2D eigenvalue weighted by Gasteiger charge is -2.22. The Labute approximate surface area is 174 Å². The van der Waals surface area contributed by atoms with E-state index in [0.29, 0.717) is 12.8 Å². The summed E-state index contributed by atoms with van der Waals surface area (Å²) in [5, 5.41) is 0. The van der Waals surface area contributed by atoms with Crippen LogP contribution in [0.2, 0.25) is 0 Å². The van der Waals surface area contributed by atoms with Gasteiger partial charge in [0, 0.05) is 45.2 Å². The lowest BCUT2D eigenvalue weighted by atomic mass is 10.1. The molecular formula is C24H32N2O3. The van der Waals surface area contributed by atoms with Crippen molar-refractivity contribution in [3.05, 3.63) is 59.2 Å². The lowest BCUT2D eigenvalue weighted by Crippen LogP contribution is -2.35. The largest absolute Gasteiger partial charge is 0.497 e. The smallest absolute Gasteiger partial charge is 0.222 e. The van der Waals surface area contributed by atoms with E-state index in [4.69, 9.17) is 9.47 Å². The fourth-order valence-corrected chi connectivity index (χ4v) is 3.75. The van der Waals surface area contributed by atoms with Crippen LogP contribution in [-0.4, -0.2) is 56.1 Å². The van der Waals surface area contributed by atoms with Crippen molar-refractivity contribution in [1.82, 2.24) is 9.80 Å². The van der Waals surface area contributed by atoms with Crippen LogP contribution >= 0.6 is 0 Å². The molecule has 0 bridgehead atoms. The molecule has 2 aromatic carbocycles. The zero-order valence-corrected chi connectivity index (χ0v) is 17.8. The number of aryl methyl sites for hydroxylation is 2. The summed E-state index contributed by atoms with van der Waals surface area (Å²) in [6, 6.07) is 14.5. The number of methoxy groups -OCH3 is 2. The Morgan fingerprint density at radius 1 is 0.897 bits per heavy atom. The lowest BCUT2D eigenvalue weighted by molar-refractivity contribution is -0.131. The third-order valence-corrected chi connectivity index (χ3v) is 5.51. The van der Waals surface area contributed by atoms with Crippen LogP contribution in [0.25, 0.3) is 0 Å². The summed E-state index contributed by atoms with van der Waals surface area (Å²) in [4.78, 5) is 17.3. The van der Waals surface area contributed by atoms with Crippen LogP contribution in [0.15, 0.2) is 42.5 Å². The molecule has 1 heterocycles. The monoisotopic (exact) mass is 396 g/mol. The van der Waals surface area contributed by atoms with Crippen LogP contribution < -0.4 is 9.47 Å². The van der Waals surface area contributed by atoms with Crippen LogP contribution in [0, 0.1) is 6.92 Å². The molecule has 0 radical (unpaired) electrons. The highest BCUT2D eigenvalue weighted by molar-refractivity contribution is 5.76. The van der Waals surface area contributed by atoms with Crippen molar-refractivity contribution in [3.63, 3.8) is 0 Å². The van der Waals surface area contributed by atoms with Crippen molar-refractivity contribution in [2.24, 2.45) is 0 Å². The maximum Gasteiger partial charge on any atom is 0.222 e. The van der Waals surface area contributed by atoms with Crippen LogP contribution in [0.5, 0.6) is 11.5 Å². The van der Waals surface area contributed by atoms with Crippen molar-refractivity contribution in [2.75, 3.05) is 40.4 Å². The first kappa shape index (κ1) is 21.2. The molecule has 1 amide bonds. The Hall–Kier alpha value is -2.53. The molecule has 1 fully saturated rings. The number of benzene rings is 2. The molecule has 0 aromatic heterocycles. The summed E-state index contributed by atoms with van der Waals surface area (Å²) >= 11 is 0. The van der Waals surface area contributed by atoms with Gasteiger partial charge >= 0.3 is 0 Å². The van der Waals surface area contributed by atoms with Gasteiger partial charge in [-0.25, -0.2) is 0 Å². The molecule has 0 N–H and O–H groups in total. The molecule has 2 aromatic rings. The molecule has 3 rings (SSSR count). The second kappa shape index (κ2) is 10.3. The van der Waals surface area contributed by atoms with Crippen molar-refractivity contribution in [1.29, 1.82) is 0 Å². The number of carbonyl (C=O) groups excluding carboxylic acids is 1. The Kier molecular flexibility index (Phi) is 7.53. The van der Waals surface area contributed by atoms with Gasteiger partial charge in [0.25, 0.3) is 0 Å². The number of hydrogen-bond acceptors (Lipinski definition) is 4. The normalized spacial score (nSPS) is 15.1. The molecule has 29 heavy (non-hydrogen) atoms. The van der Waals surface area contributed by atoms with Gasteiger partial charge in [-0.1, -0.05) is 29.8 Å². The van der Waals surface area contributed by atoms with E-state index in [-0.39, 0.29) is 5.91 Å². The average Bonchev–Trinajstić information content (AvgIpc) is 2.99.